The van der Waals surface area contributed by atoms with E-state index in [1.54, 1.807) is 0 Å². The number of rotatable bonds is 1. The molecule has 2 N–H and O–H groups in total. The lowest BCUT2D eigenvalue weighted by atomic mass is 10.3. The van der Waals surface area contributed by atoms with E-state index >= 15 is 0 Å². The zero-order valence-corrected chi connectivity index (χ0v) is 4.75. The van der Waals surface area contributed by atoms with E-state index in [9.17, 15) is 4.79 Å². The molecule has 0 saturated carbocycles. The Bertz CT molecular complexity index is 380. The number of aromatic carboxylic acids is 1. The number of hydrogen-bond acceptors (Lipinski definition) is 3. The van der Waals surface area contributed by atoms with Gasteiger partial charge in [0.1, 0.15) is 5.75 Å². The molecule has 10 heavy (non-hydrogen) atoms. The molecule has 0 aliphatic carbocycles. The van der Waals surface area contributed by atoms with E-state index in [4.69, 9.17) is 14.3 Å². The van der Waals surface area contributed by atoms with Crippen molar-refractivity contribution in [2.45, 2.75) is 0 Å². The van der Waals surface area contributed by atoms with Crippen molar-refractivity contribution in [2.75, 3.05) is 0 Å². The highest BCUT2D eigenvalue weighted by Gasteiger charge is 2.01. The number of pyridine rings is 1. The molecule has 1 aromatic heterocycles. The molecular weight excluding hydrogens is 134 g/mol. The zero-order valence-electron chi connectivity index (χ0n) is 7.75. The average Bonchev–Trinajstić information content (AvgIpc) is 1.99. The second kappa shape index (κ2) is 2.34. The van der Waals surface area contributed by atoms with Gasteiger partial charge in [-0.1, -0.05) is 0 Å². The summed E-state index contributed by atoms with van der Waals surface area (Å²) in [5.41, 5.74) is -0.700. The normalized spacial score (nSPS) is 13.4. The van der Waals surface area contributed by atoms with Gasteiger partial charge >= 0.3 is 5.97 Å². The molecule has 4 nitrogen and oxygen atoms in total. The van der Waals surface area contributed by atoms with Gasteiger partial charge in [0.05, 0.1) is 15.8 Å². The highest BCUT2D eigenvalue weighted by molar-refractivity contribution is 5.87. The van der Waals surface area contributed by atoms with Gasteiger partial charge in [0.25, 0.3) is 0 Å². The fourth-order valence-corrected chi connectivity index (χ4v) is 0.412. The van der Waals surface area contributed by atoms with Crippen molar-refractivity contribution in [3.8, 4) is 5.75 Å². The van der Waals surface area contributed by atoms with E-state index < -0.39 is 35.7 Å². The first-order valence-electron chi connectivity index (χ1n) is 3.85. The van der Waals surface area contributed by atoms with Crippen LogP contribution >= 0.6 is 0 Å². The van der Waals surface area contributed by atoms with Gasteiger partial charge < -0.3 is 10.2 Å². The summed E-state index contributed by atoms with van der Waals surface area (Å²) in [6.45, 7) is 0. The first-order chi connectivity index (χ1) is 5.95. The highest BCUT2D eigenvalue weighted by atomic mass is 16.4. The van der Waals surface area contributed by atoms with E-state index in [1.165, 1.54) is 0 Å². The number of aromatic hydroxyl groups is 1. The van der Waals surface area contributed by atoms with Crippen LogP contribution in [0.1, 0.15) is 14.5 Å². The van der Waals surface area contributed by atoms with Crippen LogP contribution in [-0.4, -0.2) is 21.2 Å². The van der Waals surface area contributed by atoms with Crippen molar-refractivity contribution >= 4 is 5.97 Å². The van der Waals surface area contributed by atoms with E-state index in [2.05, 4.69) is 4.98 Å². The number of hydrogen-bond donors (Lipinski definition) is 2. The first kappa shape index (κ1) is 3.55. The van der Waals surface area contributed by atoms with Crippen LogP contribution in [0.2, 0.25) is 0 Å². The topological polar surface area (TPSA) is 70.4 Å². The summed E-state index contributed by atoms with van der Waals surface area (Å²) in [6.07, 6.45) is -1.36. The third-order valence-corrected chi connectivity index (χ3v) is 0.787. The van der Waals surface area contributed by atoms with E-state index in [0.717, 1.165) is 0 Å². The fourth-order valence-electron chi connectivity index (χ4n) is 0.412. The molecule has 0 spiro atoms. The summed E-state index contributed by atoms with van der Waals surface area (Å²) in [5, 5.41) is 17.5. The molecule has 0 amide bonds. The Morgan fingerprint density at radius 1 is 1.70 bits per heavy atom. The molecule has 0 bridgehead atoms. The largest absolute Gasteiger partial charge is 0.506 e. The molecule has 4 heteroatoms. The number of carboxylic acid groups (broad SMARTS) is 1. The van der Waals surface area contributed by atoms with Crippen molar-refractivity contribution in [2.24, 2.45) is 0 Å². The van der Waals surface area contributed by atoms with Crippen LogP contribution in [0.15, 0.2) is 18.4 Å². The molecule has 1 aromatic rings. The Hall–Kier alpha value is -1.58. The van der Waals surface area contributed by atoms with Crippen molar-refractivity contribution in [1.29, 1.82) is 0 Å². The lowest BCUT2D eigenvalue weighted by molar-refractivity contribution is 0.0696. The summed E-state index contributed by atoms with van der Waals surface area (Å²) >= 11 is 0. The molecule has 0 unspecified atom stereocenters. The molecule has 0 radical (unpaired) electrons. The van der Waals surface area contributed by atoms with E-state index in [-0.39, 0.29) is 0 Å². The van der Waals surface area contributed by atoms with Crippen LogP contribution in [0.25, 0.3) is 0 Å². The SMILES string of the molecule is [2H]c1nc([2H])c(C(=O)O)c([2H])c1O. The van der Waals surface area contributed by atoms with Gasteiger partial charge in [-0.3, -0.25) is 4.98 Å². The summed E-state index contributed by atoms with van der Waals surface area (Å²) in [4.78, 5) is 13.6. The lowest BCUT2D eigenvalue weighted by Gasteiger charge is -1.92. The molecule has 52 valence electrons. The third kappa shape index (κ3) is 1.22. The van der Waals surface area contributed by atoms with Crippen molar-refractivity contribution in [3.05, 3.63) is 24.0 Å². The Kier molecular flexibility index (Phi) is 0.834. The van der Waals surface area contributed by atoms with Gasteiger partial charge in [0, 0.05) is 6.17 Å². The molecule has 0 atom stereocenters. The van der Waals surface area contributed by atoms with Gasteiger partial charge in [-0.05, 0) is 6.04 Å². The van der Waals surface area contributed by atoms with Gasteiger partial charge in [0.15, 0.2) is 0 Å². The third-order valence-electron chi connectivity index (χ3n) is 0.787. The molecule has 0 fully saturated rings. The summed E-state index contributed by atoms with van der Waals surface area (Å²) in [5.74, 6) is -2.34. The summed E-state index contributed by atoms with van der Waals surface area (Å²) in [6, 6.07) is -0.752. The van der Waals surface area contributed by atoms with Crippen molar-refractivity contribution < 1.29 is 19.1 Å². The smallest absolute Gasteiger partial charge is 0.337 e. The number of carbonyl (C=O) groups is 1. The van der Waals surface area contributed by atoms with Crippen LogP contribution in [0.4, 0.5) is 0 Å². The molecule has 0 aliphatic rings. The van der Waals surface area contributed by atoms with Gasteiger partial charge in [-0.25, -0.2) is 4.79 Å². The average molecular weight is 142 g/mol. The van der Waals surface area contributed by atoms with E-state index in [1.807, 2.05) is 0 Å². The molecule has 1 rings (SSSR count). The highest BCUT2D eigenvalue weighted by Crippen LogP contribution is 2.07. The van der Waals surface area contributed by atoms with Gasteiger partial charge in [0.2, 0.25) is 0 Å². The van der Waals surface area contributed by atoms with Crippen LogP contribution in [0.5, 0.6) is 5.75 Å². The van der Waals surface area contributed by atoms with Gasteiger partial charge in [-0.15, -0.1) is 0 Å². The number of aromatic nitrogens is 1. The quantitative estimate of drug-likeness (QED) is 0.598. The molecule has 0 saturated heterocycles. The minimum atomic E-state index is -1.52. The van der Waals surface area contributed by atoms with E-state index in [0.29, 0.717) is 0 Å². The standard InChI is InChI=1S/C6H5NO3/c8-5-1-4(6(9)10)2-7-3-5/h1-3,8H,(H,9,10)/i1D,2D,3D. The fraction of sp³-hybridized carbons (Fsp3) is 0. The minimum absolute atomic E-state index is 0.667. The van der Waals surface area contributed by atoms with Crippen LogP contribution in [0, 0.1) is 0 Å². The molecule has 0 aromatic carbocycles. The minimum Gasteiger partial charge on any atom is -0.506 e. The summed E-state index contributed by atoms with van der Waals surface area (Å²) in [7, 11) is 0. The number of carboxylic acids is 1. The maximum absolute atomic E-state index is 10.5. The maximum atomic E-state index is 10.5. The second-order valence-electron chi connectivity index (χ2n) is 1.49. The van der Waals surface area contributed by atoms with Crippen LogP contribution in [0.3, 0.4) is 0 Å². The second-order valence-corrected chi connectivity index (χ2v) is 1.49. The van der Waals surface area contributed by atoms with Crippen molar-refractivity contribution in [1.82, 2.24) is 4.98 Å². The van der Waals surface area contributed by atoms with Crippen LogP contribution < -0.4 is 0 Å². The Balaban J connectivity index is 3.53. The Morgan fingerprint density at radius 3 is 3.00 bits per heavy atom. The molecule has 1 heterocycles. The lowest BCUT2D eigenvalue weighted by Crippen LogP contribution is -1.95. The molecule has 0 aliphatic heterocycles. The monoisotopic (exact) mass is 142 g/mol. The predicted octanol–water partition coefficient (Wildman–Crippen LogP) is 0.485. The summed E-state index contributed by atoms with van der Waals surface area (Å²) < 4.78 is 21.1. The predicted molar refractivity (Wildman–Crippen MR) is 32.9 cm³/mol. The zero-order chi connectivity index (χ0) is 10.2. The van der Waals surface area contributed by atoms with Crippen LogP contribution in [-0.2, 0) is 0 Å². The van der Waals surface area contributed by atoms with Crippen molar-refractivity contribution in [3.63, 3.8) is 0 Å². The number of nitrogens with zero attached hydrogens (tertiary/aromatic N) is 1. The molecular formula is C6H5NO3. The Labute approximate surface area is 61.0 Å². The van der Waals surface area contributed by atoms with Gasteiger partial charge in [-0.2, -0.15) is 0 Å². The Morgan fingerprint density at radius 2 is 2.40 bits per heavy atom. The first-order valence-corrected chi connectivity index (χ1v) is 2.35. The maximum Gasteiger partial charge on any atom is 0.337 e.